The second-order valence-electron chi connectivity index (χ2n) is 3.69. The van der Waals surface area contributed by atoms with Crippen LogP contribution in [0, 0.1) is 0 Å². The predicted octanol–water partition coefficient (Wildman–Crippen LogP) is -0.0537. The molecule has 0 atom stereocenters. The number of aromatic nitrogens is 4. The van der Waals surface area contributed by atoms with Crippen LogP contribution < -0.4 is 5.73 Å². The highest BCUT2D eigenvalue weighted by molar-refractivity contribution is 5.91. The lowest BCUT2D eigenvalue weighted by Gasteiger charge is -2.08. The number of carbonyl (C=O) groups is 1. The lowest BCUT2D eigenvalue weighted by atomic mass is 10.3. The van der Waals surface area contributed by atoms with Crippen molar-refractivity contribution in [2.75, 3.05) is 19.8 Å². The van der Waals surface area contributed by atoms with Gasteiger partial charge in [0, 0.05) is 14.1 Å². The monoisotopic (exact) mass is 232 g/mol. The molecule has 0 aliphatic rings. The Morgan fingerprint density at radius 1 is 1.35 bits per heavy atom. The molecule has 2 N–H and O–H groups in total. The van der Waals surface area contributed by atoms with Crippen molar-refractivity contribution in [1.29, 1.82) is 0 Å². The zero-order valence-corrected chi connectivity index (χ0v) is 9.53. The van der Waals surface area contributed by atoms with Crippen LogP contribution in [0.1, 0.15) is 10.5 Å². The summed E-state index contributed by atoms with van der Waals surface area (Å²) in [5.74, 6) is 0.320. The van der Waals surface area contributed by atoms with Gasteiger partial charge in [-0.15, -0.1) is 10.2 Å². The normalized spacial score (nSPS) is 10.2. The van der Waals surface area contributed by atoms with Crippen LogP contribution >= 0.6 is 0 Å². The molecular weight excluding hydrogens is 220 g/mol. The van der Waals surface area contributed by atoms with Crippen molar-refractivity contribution in [3.8, 4) is 5.82 Å². The van der Waals surface area contributed by atoms with Crippen LogP contribution in [-0.4, -0.2) is 44.9 Å². The number of amides is 1. The number of anilines is 1. The second-order valence-corrected chi connectivity index (χ2v) is 3.69. The van der Waals surface area contributed by atoms with E-state index in [1.54, 1.807) is 32.4 Å². The van der Waals surface area contributed by atoms with E-state index >= 15 is 0 Å². The van der Waals surface area contributed by atoms with Crippen LogP contribution in [-0.2, 0) is 0 Å². The van der Waals surface area contributed by atoms with Crippen LogP contribution in [0.25, 0.3) is 5.82 Å². The van der Waals surface area contributed by atoms with Gasteiger partial charge in [-0.2, -0.15) is 5.10 Å². The van der Waals surface area contributed by atoms with Gasteiger partial charge in [0.15, 0.2) is 11.5 Å². The van der Waals surface area contributed by atoms with E-state index in [0.717, 1.165) is 0 Å². The Morgan fingerprint density at radius 3 is 2.59 bits per heavy atom. The molecule has 2 aromatic heterocycles. The Morgan fingerprint density at radius 2 is 2.12 bits per heavy atom. The van der Waals surface area contributed by atoms with Crippen molar-refractivity contribution in [3.63, 3.8) is 0 Å². The average Bonchev–Trinajstić information content (AvgIpc) is 2.75. The molecule has 88 valence electrons. The van der Waals surface area contributed by atoms with Gasteiger partial charge in [0.2, 0.25) is 0 Å². The number of carbonyl (C=O) groups excluding carboxylic acids is 1. The summed E-state index contributed by atoms with van der Waals surface area (Å²) in [5, 5.41) is 11.7. The van der Waals surface area contributed by atoms with E-state index < -0.39 is 0 Å². The van der Waals surface area contributed by atoms with Crippen LogP contribution in [0.2, 0.25) is 0 Å². The fourth-order valence-corrected chi connectivity index (χ4v) is 1.25. The van der Waals surface area contributed by atoms with E-state index in [1.807, 2.05) is 0 Å². The topological polar surface area (TPSA) is 89.9 Å². The quantitative estimate of drug-likeness (QED) is 0.783. The molecule has 0 aliphatic carbocycles. The first-order valence-corrected chi connectivity index (χ1v) is 4.94. The molecule has 0 aromatic carbocycles. The first-order valence-electron chi connectivity index (χ1n) is 4.94. The molecule has 0 bridgehead atoms. The third kappa shape index (κ3) is 2.22. The summed E-state index contributed by atoms with van der Waals surface area (Å²) in [7, 11) is 3.32. The van der Waals surface area contributed by atoms with Gasteiger partial charge >= 0.3 is 0 Å². The zero-order chi connectivity index (χ0) is 12.4. The van der Waals surface area contributed by atoms with Crippen molar-refractivity contribution in [1.82, 2.24) is 24.9 Å². The van der Waals surface area contributed by atoms with Crippen molar-refractivity contribution >= 4 is 11.6 Å². The summed E-state index contributed by atoms with van der Waals surface area (Å²) in [5.41, 5.74) is 6.37. The van der Waals surface area contributed by atoms with Gasteiger partial charge in [0.1, 0.15) is 0 Å². The van der Waals surface area contributed by atoms with Crippen LogP contribution in [0.3, 0.4) is 0 Å². The Kier molecular flexibility index (Phi) is 2.73. The minimum atomic E-state index is -0.191. The summed E-state index contributed by atoms with van der Waals surface area (Å²) in [4.78, 5) is 13.0. The number of hydrogen-bond donors (Lipinski definition) is 1. The first kappa shape index (κ1) is 11.1. The molecule has 2 aromatic rings. The molecule has 0 spiro atoms. The SMILES string of the molecule is CN(C)C(=O)c1ccc(-n2cc(N)cn2)nn1. The summed E-state index contributed by atoms with van der Waals surface area (Å²) in [6.45, 7) is 0. The highest BCUT2D eigenvalue weighted by Crippen LogP contribution is 2.06. The standard InChI is InChI=1S/C10H12N6O/c1-15(2)10(17)8-3-4-9(14-13-8)16-6-7(11)5-12-16/h3-6H,11H2,1-2H3. The summed E-state index contributed by atoms with van der Waals surface area (Å²) in [6.07, 6.45) is 3.14. The molecule has 7 nitrogen and oxygen atoms in total. The number of nitrogens with zero attached hydrogens (tertiary/aromatic N) is 5. The molecule has 0 unspecified atom stereocenters. The lowest BCUT2D eigenvalue weighted by Crippen LogP contribution is -2.23. The Labute approximate surface area is 97.9 Å². The molecule has 0 saturated carbocycles. The molecule has 2 rings (SSSR count). The Bertz CT molecular complexity index is 530. The van der Waals surface area contributed by atoms with Crippen molar-refractivity contribution in [3.05, 3.63) is 30.2 Å². The minimum absolute atomic E-state index is 0.191. The highest BCUT2D eigenvalue weighted by atomic mass is 16.2. The number of hydrogen-bond acceptors (Lipinski definition) is 5. The van der Waals surface area contributed by atoms with E-state index in [1.165, 1.54) is 15.8 Å². The lowest BCUT2D eigenvalue weighted by molar-refractivity contribution is 0.0821. The van der Waals surface area contributed by atoms with Gasteiger partial charge in [-0.3, -0.25) is 4.79 Å². The van der Waals surface area contributed by atoms with Gasteiger partial charge < -0.3 is 10.6 Å². The minimum Gasteiger partial charge on any atom is -0.396 e. The molecular formula is C10H12N6O. The second kappa shape index (κ2) is 4.20. The zero-order valence-electron chi connectivity index (χ0n) is 9.53. The third-order valence-corrected chi connectivity index (χ3v) is 2.11. The van der Waals surface area contributed by atoms with Gasteiger partial charge in [-0.25, -0.2) is 4.68 Å². The predicted molar refractivity (Wildman–Crippen MR) is 61.6 cm³/mol. The molecule has 0 radical (unpaired) electrons. The highest BCUT2D eigenvalue weighted by Gasteiger charge is 2.10. The summed E-state index contributed by atoms with van der Waals surface area (Å²) >= 11 is 0. The van der Waals surface area contributed by atoms with Crippen LogP contribution in [0.5, 0.6) is 0 Å². The molecule has 1 amide bonds. The van der Waals surface area contributed by atoms with E-state index in [4.69, 9.17) is 5.73 Å². The van der Waals surface area contributed by atoms with Crippen molar-refractivity contribution in [2.45, 2.75) is 0 Å². The third-order valence-electron chi connectivity index (χ3n) is 2.11. The van der Waals surface area contributed by atoms with E-state index in [9.17, 15) is 4.79 Å². The maximum atomic E-state index is 11.6. The van der Waals surface area contributed by atoms with E-state index in [2.05, 4.69) is 15.3 Å². The number of nitrogens with two attached hydrogens (primary N) is 1. The van der Waals surface area contributed by atoms with E-state index in [0.29, 0.717) is 17.2 Å². The molecule has 2 heterocycles. The van der Waals surface area contributed by atoms with Gasteiger partial charge in [-0.05, 0) is 12.1 Å². The average molecular weight is 232 g/mol. The van der Waals surface area contributed by atoms with Crippen LogP contribution in [0.4, 0.5) is 5.69 Å². The van der Waals surface area contributed by atoms with Gasteiger partial charge in [-0.1, -0.05) is 0 Å². The maximum absolute atomic E-state index is 11.6. The number of nitrogen functional groups attached to an aromatic ring is 1. The van der Waals surface area contributed by atoms with Crippen molar-refractivity contribution < 1.29 is 4.79 Å². The van der Waals surface area contributed by atoms with Crippen LogP contribution in [0.15, 0.2) is 24.5 Å². The molecule has 0 aliphatic heterocycles. The van der Waals surface area contributed by atoms with E-state index in [-0.39, 0.29) is 5.91 Å². The fourth-order valence-electron chi connectivity index (χ4n) is 1.25. The molecule has 17 heavy (non-hydrogen) atoms. The first-order chi connectivity index (χ1) is 8.08. The summed E-state index contributed by atoms with van der Waals surface area (Å²) < 4.78 is 1.49. The maximum Gasteiger partial charge on any atom is 0.273 e. The van der Waals surface area contributed by atoms with Gasteiger partial charge in [0.05, 0.1) is 18.1 Å². The Balaban J connectivity index is 2.27. The van der Waals surface area contributed by atoms with Crippen molar-refractivity contribution in [2.24, 2.45) is 0 Å². The summed E-state index contributed by atoms with van der Waals surface area (Å²) in [6, 6.07) is 3.26. The Hall–Kier alpha value is -2.44. The molecule has 0 fully saturated rings. The molecule has 0 saturated heterocycles. The van der Waals surface area contributed by atoms with Gasteiger partial charge in [0.25, 0.3) is 5.91 Å². The molecule has 7 heteroatoms. The smallest absolute Gasteiger partial charge is 0.273 e. The number of rotatable bonds is 2. The largest absolute Gasteiger partial charge is 0.396 e. The fraction of sp³-hybridized carbons (Fsp3) is 0.200.